The van der Waals surface area contributed by atoms with Crippen molar-refractivity contribution in [2.24, 2.45) is 5.92 Å². The van der Waals surface area contributed by atoms with Gasteiger partial charge < -0.3 is 15.4 Å². The molecule has 0 radical (unpaired) electrons. The number of hydrogen-bond acceptors (Lipinski definition) is 4. The largest absolute Gasteiger partial charge is 0.444 e. The molecule has 1 heterocycles. The topological polar surface area (TPSA) is 50.4 Å². The molecule has 23 heavy (non-hydrogen) atoms. The van der Waals surface area contributed by atoms with Gasteiger partial charge in [-0.05, 0) is 64.0 Å². The van der Waals surface area contributed by atoms with Gasteiger partial charge in [-0.2, -0.15) is 0 Å². The fraction of sp³-hybridized carbons (Fsp3) is 0.706. The zero-order valence-corrected chi connectivity index (χ0v) is 15.5. The summed E-state index contributed by atoms with van der Waals surface area (Å²) >= 11 is 7.80. The smallest absolute Gasteiger partial charge is 0.407 e. The number of hydrogen-bond donors (Lipinski definition) is 2. The Morgan fingerprint density at radius 1 is 1.43 bits per heavy atom. The van der Waals surface area contributed by atoms with E-state index in [0.717, 1.165) is 23.7 Å². The molecule has 0 spiro atoms. The van der Waals surface area contributed by atoms with Gasteiger partial charge in [0.05, 0.1) is 4.34 Å². The Morgan fingerprint density at radius 2 is 2.17 bits per heavy atom. The Hall–Kier alpha value is -0.780. The third-order valence-corrected chi connectivity index (χ3v) is 5.66. The molecule has 3 rings (SSSR count). The molecule has 4 nitrogen and oxygen atoms in total. The second-order valence-electron chi connectivity index (χ2n) is 7.52. The lowest BCUT2D eigenvalue weighted by Crippen LogP contribution is -2.46. The highest BCUT2D eigenvalue weighted by Gasteiger charge is 2.34. The number of thiophene rings is 1. The van der Waals surface area contributed by atoms with Gasteiger partial charge in [0.1, 0.15) is 5.60 Å². The van der Waals surface area contributed by atoms with Crippen molar-refractivity contribution in [3.8, 4) is 0 Å². The van der Waals surface area contributed by atoms with Crippen LogP contribution in [0.5, 0.6) is 0 Å². The van der Waals surface area contributed by atoms with Crippen LogP contribution >= 0.6 is 22.9 Å². The van der Waals surface area contributed by atoms with Crippen LogP contribution in [-0.4, -0.2) is 24.3 Å². The maximum absolute atomic E-state index is 12.0. The zero-order chi connectivity index (χ0) is 16.6. The molecule has 1 aromatic rings. The molecule has 6 heteroatoms. The number of carbonyl (C=O) groups excluding carboxylic acids is 1. The van der Waals surface area contributed by atoms with E-state index in [0.29, 0.717) is 12.0 Å². The van der Waals surface area contributed by atoms with Gasteiger partial charge in [0, 0.05) is 23.5 Å². The van der Waals surface area contributed by atoms with E-state index in [-0.39, 0.29) is 12.1 Å². The lowest BCUT2D eigenvalue weighted by Gasteiger charge is -2.25. The van der Waals surface area contributed by atoms with Crippen molar-refractivity contribution < 1.29 is 9.53 Å². The normalized spacial score (nSPS) is 21.8. The summed E-state index contributed by atoms with van der Waals surface area (Å²) in [7, 11) is 0. The molecule has 128 valence electrons. The zero-order valence-electron chi connectivity index (χ0n) is 13.9. The van der Waals surface area contributed by atoms with Crippen LogP contribution in [0.4, 0.5) is 4.79 Å². The van der Waals surface area contributed by atoms with E-state index >= 15 is 0 Å². The second kappa shape index (κ2) is 6.61. The first-order valence-corrected chi connectivity index (χ1v) is 9.52. The molecule has 0 aromatic carbocycles. The maximum atomic E-state index is 12.0. The number of halogens is 1. The molecule has 1 amide bonds. The lowest BCUT2D eigenvalue weighted by molar-refractivity contribution is 0.0496. The van der Waals surface area contributed by atoms with Gasteiger partial charge in [-0.15, -0.1) is 11.3 Å². The minimum absolute atomic E-state index is 0.142. The summed E-state index contributed by atoms with van der Waals surface area (Å²) in [6.45, 7) is 6.44. The molecule has 1 fully saturated rings. The SMILES string of the molecule is CC(C)(C)OC(=O)NC(CNC1CCc2sc(Cl)cc21)C1CC1. The number of aryl methyl sites for hydroxylation is 1. The van der Waals surface area contributed by atoms with Crippen molar-refractivity contribution in [2.75, 3.05) is 6.54 Å². The summed E-state index contributed by atoms with van der Waals surface area (Å²) in [6.07, 6.45) is 4.26. The number of nitrogens with one attached hydrogen (secondary N) is 2. The monoisotopic (exact) mass is 356 g/mol. The third-order valence-electron chi connectivity index (χ3n) is 4.32. The van der Waals surface area contributed by atoms with Crippen LogP contribution in [0.3, 0.4) is 0 Å². The average molecular weight is 357 g/mol. The summed E-state index contributed by atoms with van der Waals surface area (Å²) in [4.78, 5) is 13.4. The molecule has 1 saturated carbocycles. The fourth-order valence-electron chi connectivity index (χ4n) is 3.10. The Kier molecular flexibility index (Phi) is 4.90. The average Bonchev–Trinajstić information content (AvgIpc) is 3.10. The van der Waals surface area contributed by atoms with E-state index in [2.05, 4.69) is 16.7 Å². The maximum Gasteiger partial charge on any atom is 0.407 e. The molecule has 0 bridgehead atoms. The number of ether oxygens (including phenoxy) is 1. The van der Waals surface area contributed by atoms with Gasteiger partial charge in [0.15, 0.2) is 0 Å². The number of fused-ring (bicyclic) bond motifs is 1. The Bertz CT molecular complexity index is 578. The molecule has 0 saturated heterocycles. The molecule has 2 N–H and O–H groups in total. The second-order valence-corrected chi connectivity index (χ2v) is 9.29. The van der Waals surface area contributed by atoms with E-state index in [1.165, 1.54) is 23.3 Å². The first-order chi connectivity index (χ1) is 10.8. The van der Waals surface area contributed by atoms with E-state index in [9.17, 15) is 4.79 Å². The van der Waals surface area contributed by atoms with E-state index in [4.69, 9.17) is 16.3 Å². The number of alkyl carbamates (subject to hydrolysis) is 1. The molecule has 0 aliphatic heterocycles. The first kappa shape index (κ1) is 17.1. The van der Waals surface area contributed by atoms with Crippen LogP contribution in [0, 0.1) is 5.92 Å². The van der Waals surface area contributed by atoms with E-state index in [1.807, 2.05) is 20.8 Å². The lowest BCUT2D eigenvalue weighted by atomic mass is 10.1. The number of amides is 1. The third kappa shape index (κ3) is 4.61. The summed E-state index contributed by atoms with van der Waals surface area (Å²) in [5.74, 6) is 0.571. The first-order valence-electron chi connectivity index (χ1n) is 8.33. The van der Waals surface area contributed by atoms with E-state index < -0.39 is 5.60 Å². The van der Waals surface area contributed by atoms with Crippen molar-refractivity contribution in [1.82, 2.24) is 10.6 Å². The Labute approximate surface area is 146 Å². The van der Waals surface area contributed by atoms with Crippen LogP contribution < -0.4 is 10.6 Å². The molecule has 2 aliphatic rings. The molecule has 1 aromatic heterocycles. The molecule has 2 unspecified atom stereocenters. The van der Waals surface area contributed by atoms with E-state index in [1.54, 1.807) is 11.3 Å². The van der Waals surface area contributed by atoms with Crippen molar-refractivity contribution in [3.63, 3.8) is 0 Å². The van der Waals surface area contributed by atoms with Crippen molar-refractivity contribution >= 4 is 29.0 Å². The predicted molar refractivity (Wildman–Crippen MR) is 94.3 cm³/mol. The minimum atomic E-state index is -0.459. The summed E-state index contributed by atoms with van der Waals surface area (Å²) < 4.78 is 6.25. The van der Waals surface area contributed by atoms with Crippen LogP contribution in [0.2, 0.25) is 4.34 Å². The highest BCUT2D eigenvalue weighted by Crippen LogP contribution is 2.39. The summed E-state index contributed by atoms with van der Waals surface area (Å²) in [5.41, 5.74) is 0.881. The van der Waals surface area contributed by atoms with Gasteiger partial charge in [-0.25, -0.2) is 4.79 Å². The highest BCUT2D eigenvalue weighted by atomic mass is 35.5. The molecular formula is C17H25ClN2O2S. The fourth-order valence-corrected chi connectivity index (χ4v) is 4.46. The summed E-state index contributed by atoms with van der Waals surface area (Å²) in [5, 5.41) is 6.66. The van der Waals surface area contributed by atoms with Crippen LogP contribution in [0.15, 0.2) is 6.07 Å². The predicted octanol–water partition coefficient (Wildman–Crippen LogP) is 4.28. The van der Waals surface area contributed by atoms with Crippen LogP contribution in [0.25, 0.3) is 0 Å². The molecular weight excluding hydrogens is 332 g/mol. The Morgan fingerprint density at radius 3 is 2.83 bits per heavy atom. The van der Waals surface area contributed by atoms with Gasteiger partial charge in [0.2, 0.25) is 0 Å². The summed E-state index contributed by atoms with van der Waals surface area (Å²) in [6, 6.07) is 2.58. The quantitative estimate of drug-likeness (QED) is 0.827. The molecule has 2 aliphatic carbocycles. The standard InChI is InChI=1S/C17H25ClN2O2S/c1-17(2,3)22-16(21)20-13(10-4-5-10)9-19-12-6-7-14-11(12)8-15(18)23-14/h8,10,12-13,19H,4-7,9H2,1-3H3,(H,20,21). The number of rotatable bonds is 5. The number of carbonyl (C=O) groups is 1. The van der Waals surface area contributed by atoms with Gasteiger partial charge >= 0.3 is 6.09 Å². The van der Waals surface area contributed by atoms with Crippen molar-refractivity contribution in [3.05, 3.63) is 20.8 Å². The van der Waals surface area contributed by atoms with Crippen LogP contribution in [-0.2, 0) is 11.2 Å². The molecule has 2 atom stereocenters. The van der Waals surface area contributed by atoms with Crippen molar-refractivity contribution in [2.45, 2.75) is 64.1 Å². The van der Waals surface area contributed by atoms with Gasteiger partial charge in [-0.3, -0.25) is 0 Å². The van der Waals surface area contributed by atoms with Gasteiger partial charge in [0.25, 0.3) is 0 Å². The highest BCUT2D eigenvalue weighted by molar-refractivity contribution is 7.16. The van der Waals surface area contributed by atoms with Crippen molar-refractivity contribution in [1.29, 1.82) is 0 Å². The van der Waals surface area contributed by atoms with Crippen LogP contribution in [0.1, 0.15) is 56.5 Å². The minimum Gasteiger partial charge on any atom is -0.444 e. The van der Waals surface area contributed by atoms with Gasteiger partial charge in [-0.1, -0.05) is 11.6 Å². The Balaban J connectivity index is 1.53.